The third-order valence-corrected chi connectivity index (χ3v) is 13.0. The third-order valence-electron chi connectivity index (χ3n) is 10.2. The Bertz CT molecular complexity index is 1840. The Morgan fingerprint density at radius 1 is 1.00 bits per heavy atom. The zero-order valence-electron chi connectivity index (χ0n) is 26.7. The second kappa shape index (κ2) is 13.8. The van der Waals surface area contributed by atoms with E-state index in [1.807, 2.05) is 19.1 Å². The molecule has 49 heavy (non-hydrogen) atoms. The van der Waals surface area contributed by atoms with Crippen molar-refractivity contribution in [3.05, 3.63) is 67.6 Å². The molecule has 1 saturated heterocycles. The molecule has 2 aliphatic carbocycles. The molecule has 2 saturated carbocycles. The lowest BCUT2D eigenvalue weighted by Crippen LogP contribution is -2.42. The number of imide groups is 1. The van der Waals surface area contributed by atoms with Crippen molar-refractivity contribution in [2.24, 2.45) is 29.6 Å². The van der Waals surface area contributed by atoms with Crippen LogP contribution in [0.5, 0.6) is 11.5 Å². The molecule has 258 valence electrons. The lowest BCUT2D eigenvalue weighted by atomic mass is 9.68. The van der Waals surface area contributed by atoms with Gasteiger partial charge < -0.3 is 24.9 Å². The summed E-state index contributed by atoms with van der Waals surface area (Å²) in [6.07, 6.45) is 2.58. The van der Waals surface area contributed by atoms with Gasteiger partial charge in [0.1, 0.15) is 0 Å². The predicted molar refractivity (Wildman–Crippen MR) is 185 cm³/mol. The second-order valence-electron chi connectivity index (χ2n) is 13.0. The number of carbonyl (C=O) groups is 4. The minimum atomic E-state index is -0.850. The summed E-state index contributed by atoms with van der Waals surface area (Å²) >= 11 is 8.76. The van der Waals surface area contributed by atoms with Gasteiger partial charge in [0.15, 0.2) is 18.1 Å². The molecule has 3 N–H and O–H groups in total. The molecule has 2 aliphatic heterocycles. The van der Waals surface area contributed by atoms with Crippen molar-refractivity contribution in [2.45, 2.75) is 55.2 Å². The number of anilines is 1. The third kappa shape index (κ3) is 6.36. The number of likely N-dealkylation sites (tertiary alicyclic amines) is 1. The number of benzene rings is 2. The molecule has 11 nitrogen and oxygen atoms in total. The van der Waals surface area contributed by atoms with Crippen molar-refractivity contribution < 1.29 is 33.8 Å². The van der Waals surface area contributed by atoms with Gasteiger partial charge in [0.25, 0.3) is 5.91 Å². The van der Waals surface area contributed by atoms with Crippen LogP contribution in [0.2, 0.25) is 5.02 Å². The number of ether oxygens (including phenoxy) is 2. The van der Waals surface area contributed by atoms with Crippen LogP contribution in [0.4, 0.5) is 5.69 Å². The SMILES string of the molecule is CCOc1cc([C@H]2c3sc(=O)[nH]c3SC3C4CC(C5C(=O)N(CCCCCC(=O)O)C(=O)C45)C32)ccc1OCC(=O)Nc1ccc(Cl)cc1. The molecule has 3 aromatic rings. The molecule has 3 amide bonds. The number of nitrogens with one attached hydrogen (secondary N) is 2. The monoisotopic (exact) mass is 725 g/mol. The quantitative estimate of drug-likeness (QED) is 0.150. The standard InChI is InChI=1S/C35H36ClN3O8S2/c1-2-46-23-14-17(7-12-22(23)47-16-24(40)37-19-10-8-18(36)9-11-19)26-27-20-15-21(30(27)48-32-31(26)49-35(45)38-32)29-28(20)33(43)39(34(29)44)13-5-3-4-6-25(41)42/h7-12,14,20-21,26-30H,2-6,13,15-16H2,1H3,(H,37,40)(H,38,45)(H,41,42)/t20?,21?,26-,27?,28?,29?,30?/m1/s1. The highest BCUT2D eigenvalue weighted by Crippen LogP contribution is 2.68. The van der Waals surface area contributed by atoms with E-state index in [1.165, 1.54) is 16.2 Å². The Kier molecular flexibility index (Phi) is 9.51. The van der Waals surface area contributed by atoms with Gasteiger partial charge in [0, 0.05) is 39.7 Å². The first-order valence-electron chi connectivity index (χ1n) is 16.6. The van der Waals surface area contributed by atoms with E-state index < -0.39 is 11.9 Å². The first-order chi connectivity index (χ1) is 23.6. The van der Waals surface area contributed by atoms with Crippen molar-refractivity contribution in [1.29, 1.82) is 0 Å². The zero-order chi connectivity index (χ0) is 34.4. The van der Waals surface area contributed by atoms with Crippen LogP contribution in [0.15, 0.2) is 52.3 Å². The van der Waals surface area contributed by atoms with Gasteiger partial charge in [-0.05, 0) is 85.9 Å². The molecular formula is C35H36ClN3O8S2. The molecule has 4 aliphatic rings. The molecule has 2 bridgehead atoms. The van der Waals surface area contributed by atoms with Gasteiger partial charge in [0.05, 0.1) is 23.5 Å². The average molecular weight is 726 g/mol. The van der Waals surface area contributed by atoms with Crippen LogP contribution in [0.1, 0.15) is 55.4 Å². The molecule has 3 heterocycles. The Balaban J connectivity index is 1.13. The van der Waals surface area contributed by atoms with Crippen LogP contribution in [0, 0.1) is 29.6 Å². The van der Waals surface area contributed by atoms with Crippen molar-refractivity contribution in [3.63, 3.8) is 0 Å². The van der Waals surface area contributed by atoms with E-state index in [2.05, 4.69) is 10.3 Å². The number of amides is 3. The summed E-state index contributed by atoms with van der Waals surface area (Å²) in [5.74, 6) is -1.51. The first-order valence-corrected chi connectivity index (χ1v) is 18.6. The van der Waals surface area contributed by atoms with Crippen LogP contribution in [0.3, 0.4) is 0 Å². The number of carbonyl (C=O) groups excluding carboxylic acids is 3. The van der Waals surface area contributed by atoms with Gasteiger partial charge in [-0.25, -0.2) is 0 Å². The van der Waals surface area contributed by atoms with Crippen LogP contribution < -0.4 is 19.7 Å². The fraction of sp³-hybridized carbons (Fsp3) is 0.457. The number of fused-ring (bicyclic) bond motifs is 9. The lowest BCUT2D eigenvalue weighted by molar-refractivity contribution is -0.141. The van der Waals surface area contributed by atoms with Crippen LogP contribution in [0.25, 0.3) is 0 Å². The van der Waals surface area contributed by atoms with Crippen molar-refractivity contribution >= 4 is 64.1 Å². The summed E-state index contributed by atoms with van der Waals surface area (Å²) in [6, 6.07) is 12.4. The summed E-state index contributed by atoms with van der Waals surface area (Å²) in [6.45, 7) is 2.30. The van der Waals surface area contributed by atoms with E-state index in [9.17, 15) is 24.0 Å². The van der Waals surface area contributed by atoms with Crippen LogP contribution >= 0.6 is 34.7 Å². The molecule has 0 radical (unpaired) electrons. The van der Waals surface area contributed by atoms with Crippen LogP contribution in [-0.2, 0) is 19.2 Å². The van der Waals surface area contributed by atoms with Crippen molar-refractivity contribution in [1.82, 2.24) is 9.88 Å². The number of rotatable bonds is 13. The summed E-state index contributed by atoms with van der Waals surface area (Å²) in [5.41, 5.74) is 1.52. The highest BCUT2D eigenvalue weighted by Gasteiger charge is 2.69. The number of unbranched alkanes of at least 4 members (excludes halogenated alkanes) is 2. The fourth-order valence-electron chi connectivity index (χ4n) is 8.37. The molecule has 2 aromatic carbocycles. The predicted octanol–water partition coefficient (Wildman–Crippen LogP) is 5.62. The van der Waals surface area contributed by atoms with E-state index in [1.54, 1.807) is 42.1 Å². The number of thioether (sulfide) groups is 1. The highest BCUT2D eigenvalue weighted by molar-refractivity contribution is 8.00. The Morgan fingerprint density at radius 3 is 2.49 bits per heavy atom. The molecule has 14 heteroatoms. The number of hydrogen-bond donors (Lipinski definition) is 3. The largest absolute Gasteiger partial charge is 0.490 e. The first kappa shape index (κ1) is 33.7. The lowest BCUT2D eigenvalue weighted by Gasteiger charge is -2.43. The van der Waals surface area contributed by atoms with E-state index in [0.717, 1.165) is 21.9 Å². The highest BCUT2D eigenvalue weighted by atomic mass is 35.5. The Hall–Kier alpha value is -3.81. The Morgan fingerprint density at radius 2 is 1.76 bits per heavy atom. The molecular weight excluding hydrogens is 690 g/mol. The number of aliphatic carboxylic acids is 1. The molecule has 3 fully saturated rings. The van der Waals surface area contributed by atoms with E-state index in [-0.39, 0.29) is 70.5 Å². The fourth-order valence-corrected chi connectivity index (χ4v) is 11.4. The van der Waals surface area contributed by atoms with Gasteiger partial charge >= 0.3 is 10.8 Å². The number of H-pyrrole nitrogens is 1. The van der Waals surface area contributed by atoms with Gasteiger partial charge in [0.2, 0.25) is 11.8 Å². The van der Waals surface area contributed by atoms with Crippen molar-refractivity contribution in [2.75, 3.05) is 25.1 Å². The maximum atomic E-state index is 13.8. The summed E-state index contributed by atoms with van der Waals surface area (Å²) in [7, 11) is 0. The number of hydrogen-bond acceptors (Lipinski definition) is 9. The number of carboxylic acids is 1. The number of aromatic nitrogens is 1. The number of halogens is 1. The Labute approximate surface area is 295 Å². The van der Waals surface area contributed by atoms with Gasteiger partial charge in [-0.2, -0.15) is 0 Å². The minimum absolute atomic E-state index is 0.00522. The normalized spacial score (nSPS) is 26.3. The van der Waals surface area contributed by atoms with Crippen LogP contribution in [-0.4, -0.2) is 63.7 Å². The molecule has 1 aromatic heterocycles. The molecule has 7 rings (SSSR count). The topological polar surface area (TPSA) is 155 Å². The van der Waals surface area contributed by atoms with E-state index in [4.69, 9.17) is 26.2 Å². The zero-order valence-corrected chi connectivity index (χ0v) is 29.1. The average Bonchev–Trinajstić information content (AvgIpc) is 3.81. The van der Waals surface area contributed by atoms with E-state index in [0.29, 0.717) is 54.6 Å². The number of thiazole rings is 1. The summed E-state index contributed by atoms with van der Waals surface area (Å²) in [5, 5.41) is 13.1. The summed E-state index contributed by atoms with van der Waals surface area (Å²) in [4.78, 5) is 69.0. The number of nitrogens with zero attached hydrogens (tertiary/aromatic N) is 1. The van der Waals surface area contributed by atoms with E-state index >= 15 is 0 Å². The second-order valence-corrected chi connectivity index (χ2v) is 15.6. The van der Waals surface area contributed by atoms with Gasteiger partial charge in [-0.15, -0.1) is 11.8 Å². The number of carboxylic acid groups (broad SMARTS) is 1. The smallest absolute Gasteiger partial charge is 0.305 e. The maximum Gasteiger partial charge on any atom is 0.305 e. The van der Waals surface area contributed by atoms with Crippen molar-refractivity contribution in [3.8, 4) is 11.5 Å². The van der Waals surface area contributed by atoms with Gasteiger partial charge in [-0.1, -0.05) is 35.4 Å². The maximum absolute atomic E-state index is 13.8. The minimum Gasteiger partial charge on any atom is -0.490 e. The van der Waals surface area contributed by atoms with Gasteiger partial charge in [-0.3, -0.25) is 28.9 Å². The molecule has 7 atom stereocenters. The number of aromatic amines is 1. The molecule has 6 unspecified atom stereocenters. The molecule has 0 spiro atoms. The summed E-state index contributed by atoms with van der Waals surface area (Å²) < 4.78 is 11.9.